The third-order valence-corrected chi connectivity index (χ3v) is 7.49. The lowest BCUT2D eigenvalue weighted by Gasteiger charge is -2.31. The lowest BCUT2D eigenvalue weighted by molar-refractivity contribution is 0.182. The van der Waals surface area contributed by atoms with Crippen molar-refractivity contribution < 1.29 is 0 Å². The van der Waals surface area contributed by atoms with Crippen LogP contribution in [0.3, 0.4) is 0 Å². The van der Waals surface area contributed by atoms with Crippen molar-refractivity contribution in [3.8, 4) is 5.69 Å². The van der Waals surface area contributed by atoms with Gasteiger partial charge in [-0.2, -0.15) is 0 Å². The molecule has 0 atom stereocenters. The highest BCUT2D eigenvalue weighted by atomic mass is 35.5. The molecule has 2 heterocycles. The van der Waals surface area contributed by atoms with E-state index in [0.717, 1.165) is 45.0 Å². The van der Waals surface area contributed by atoms with E-state index >= 15 is 0 Å². The van der Waals surface area contributed by atoms with Crippen molar-refractivity contribution >= 4 is 34.4 Å². The van der Waals surface area contributed by atoms with E-state index in [9.17, 15) is 0 Å². The highest BCUT2D eigenvalue weighted by molar-refractivity contribution is 7.98. The zero-order chi connectivity index (χ0) is 21.9. The Hall–Kier alpha value is -2.28. The van der Waals surface area contributed by atoms with E-state index in [2.05, 4.69) is 39.7 Å². The molecule has 1 fully saturated rings. The highest BCUT2D eigenvalue weighted by Crippen LogP contribution is 2.29. The average Bonchev–Trinajstić information content (AvgIpc) is 3.42. The van der Waals surface area contributed by atoms with E-state index in [4.69, 9.17) is 21.6 Å². The first-order valence-electron chi connectivity index (χ1n) is 11.3. The summed E-state index contributed by atoms with van der Waals surface area (Å²) >= 11 is 7.87. The quantitative estimate of drug-likeness (QED) is 0.318. The molecule has 0 saturated heterocycles. The van der Waals surface area contributed by atoms with Crippen LogP contribution >= 0.6 is 23.4 Å². The summed E-state index contributed by atoms with van der Waals surface area (Å²) in [4.78, 5) is 15.4. The molecule has 0 spiro atoms. The molecule has 32 heavy (non-hydrogen) atoms. The maximum Gasteiger partial charge on any atom is 0.173 e. The fourth-order valence-electron chi connectivity index (χ4n) is 4.56. The van der Waals surface area contributed by atoms with Crippen molar-refractivity contribution in [3.05, 3.63) is 71.3 Å². The molecule has 4 aromatic rings. The second-order valence-corrected chi connectivity index (χ2v) is 9.92. The average molecular weight is 466 g/mol. The summed E-state index contributed by atoms with van der Waals surface area (Å²) < 4.78 is 2.27. The maximum absolute atomic E-state index is 6.17. The summed E-state index contributed by atoms with van der Waals surface area (Å²) in [5.74, 6) is 1.69. The van der Waals surface area contributed by atoms with Crippen LogP contribution in [-0.2, 0) is 12.3 Å². The van der Waals surface area contributed by atoms with Crippen LogP contribution < -0.4 is 0 Å². The number of benzene rings is 2. The van der Waals surface area contributed by atoms with Crippen LogP contribution in [0.5, 0.6) is 0 Å². The van der Waals surface area contributed by atoms with E-state index < -0.39 is 0 Å². The molecule has 0 radical (unpaired) electrons. The Morgan fingerprint density at radius 2 is 1.88 bits per heavy atom. The Morgan fingerprint density at radius 3 is 2.66 bits per heavy atom. The number of hydrogen-bond donors (Lipinski definition) is 1. The minimum Gasteiger partial charge on any atom is -0.341 e. The Labute approximate surface area is 198 Å². The van der Waals surface area contributed by atoms with E-state index in [1.165, 1.54) is 37.8 Å². The Balaban J connectivity index is 1.40. The molecule has 0 bridgehead atoms. The molecule has 1 saturated carbocycles. The highest BCUT2D eigenvalue weighted by Gasteiger charge is 2.21. The summed E-state index contributed by atoms with van der Waals surface area (Å²) in [6, 6.07) is 16.8. The number of nitrogens with one attached hydrogen (secondary N) is 1. The van der Waals surface area contributed by atoms with Crippen LogP contribution in [0, 0.1) is 0 Å². The lowest BCUT2D eigenvalue weighted by atomic mass is 9.94. The molecule has 166 valence electrons. The van der Waals surface area contributed by atoms with Crippen molar-refractivity contribution in [1.82, 2.24) is 24.4 Å². The van der Waals surface area contributed by atoms with Gasteiger partial charge in [-0.15, -0.1) is 0 Å². The molecular formula is C25H28ClN5S. The Morgan fingerprint density at radius 1 is 1.09 bits per heavy atom. The lowest BCUT2D eigenvalue weighted by Crippen LogP contribution is -2.33. The molecule has 7 heteroatoms. The number of hydrogen-bond acceptors (Lipinski definition) is 4. The van der Waals surface area contributed by atoms with Gasteiger partial charge in [0.05, 0.1) is 28.7 Å². The molecule has 2 aromatic carbocycles. The standard InChI is InChI=1S/C25H28ClN5S/c1-30(19-7-3-2-4-8-19)16-21-15-27-25(31(21)20-13-11-18(26)12-14-20)32-17-24-28-22-9-5-6-10-23(22)29-24/h5-6,9-15,19H,2-4,7-8,16-17H2,1H3,(H,28,29). The third-order valence-electron chi connectivity index (χ3n) is 6.27. The number of aromatic nitrogens is 4. The number of rotatable bonds is 7. The number of imidazole rings is 2. The first kappa shape index (κ1) is 21.6. The summed E-state index contributed by atoms with van der Waals surface area (Å²) in [5, 5.41) is 1.71. The smallest absolute Gasteiger partial charge is 0.173 e. The molecular weight excluding hydrogens is 438 g/mol. The van der Waals surface area contributed by atoms with Crippen LogP contribution in [0.15, 0.2) is 59.9 Å². The fraction of sp³-hybridized carbons (Fsp3) is 0.360. The normalized spacial score (nSPS) is 15.1. The number of nitrogens with zero attached hydrogens (tertiary/aromatic N) is 4. The number of halogens is 1. The van der Waals surface area contributed by atoms with Gasteiger partial charge >= 0.3 is 0 Å². The van der Waals surface area contributed by atoms with Gasteiger partial charge in [-0.1, -0.05) is 54.8 Å². The Bertz CT molecular complexity index is 1140. The van der Waals surface area contributed by atoms with Crippen LogP contribution in [0.2, 0.25) is 5.02 Å². The van der Waals surface area contributed by atoms with Crippen LogP contribution in [-0.4, -0.2) is 37.5 Å². The van der Waals surface area contributed by atoms with Crippen molar-refractivity contribution in [1.29, 1.82) is 0 Å². The molecule has 5 nitrogen and oxygen atoms in total. The van der Waals surface area contributed by atoms with Crippen LogP contribution in [0.4, 0.5) is 0 Å². The largest absolute Gasteiger partial charge is 0.341 e. The number of thioether (sulfide) groups is 1. The second-order valence-electron chi connectivity index (χ2n) is 8.54. The van der Waals surface area contributed by atoms with Gasteiger partial charge in [0.15, 0.2) is 5.16 Å². The zero-order valence-corrected chi connectivity index (χ0v) is 19.9. The maximum atomic E-state index is 6.17. The molecule has 5 rings (SSSR count). The SMILES string of the molecule is CN(Cc1cnc(SCc2nc3ccccc3[nH]2)n1-c1ccc(Cl)cc1)C1CCCCC1. The second kappa shape index (κ2) is 9.69. The van der Waals surface area contributed by atoms with Crippen molar-refractivity contribution in [2.75, 3.05) is 7.05 Å². The topological polar surface area (TPSA) is 49.7 Å². The first-order valence-corrected chi connectivity index (χ1v) is 12.6. The van der Waals surface area contributed by atoms with Crippen molar-refractivity contribution in [2.24, 2.45) is 0 Å². The molecule has 0 amide bonds. The fourth-order valence-corrected chi connectivity index (χ4v) is 5.57. The van der Waals surface area contributed by atoms with E-state index in [1.54, 1.807) is 11.8 Å². The monoisotopic (exact) mass is 465 g/mol. The third kappa shape index (κ3) is 4.72. The minimum absolute atomic E-state index is 0.656. The summed E-state index contributed by atoms with van der Waals surface area (Å²) in [6.07, 6.45) is 8.65. The molecule has 1 N–H and O–H groups in total. The summed E-state index contributed by atoms with van der Waals surface area (Å²) in [5.41, 5.74) is 4.36. The van der Waals surface area contributed by atoms with Gasteiger partial charge in [-0.05, 0) is 56.3 Å². The Kier molecular flexibility index (Phi) is 6.53. The van der Waals surface area contributed by atoms with Gasteiger partial charge < -0.3 is 4.98 Å². The number of para-hydroxylation sites is 2. The molecule has 0 aliphatic heterocycles. The van der Waals surface area contributed by atoms with Gasteiger partial charge in [-0.3, -0.25) is 9.47 Å². The van der Waals surface area contributed by atoms with Crippen molar-refractivity contribution in [3.63, 3.8) is 0 Å². The van der Waals surface area contributed by atoms with Crippen LogP contribution in [0.25, 0.3) is 16.7 Å². The minimum atomic E-state index is 0.656. The predicted molar refractivity (Wildman–Crippen MR) is 133 cm³/mol. The van der Waals surface area contributed by atoms with Crippen molar-refractivity contribution in [2.45, 2.75) is 55.6 Å². The zero-order valence-electron chi connectivity index (χ0n) is 18.3. The number of fused-ring (bicyclic) bond motifs is 1. The molecule has 2 aromatic heterocycles. The predicted octanol–water partition coefficient (Wildman–Crippen LogP) is 6.46. The van der Waals surface area contributed by atoms with E-state index in [1.807, 2.05) is 36.5 Å². The summed E-state index contributed by atoms with van der Waals surface area (Å²) in [7, 11) is 2.25. The molecule has 1 aliphatic rings. The van der Waals surface area contributed by atoms with Gasteiger partial charge in [0, 0.05) is 23.3 Å². The molecule has 1 aliphatic carbocycles. The number of aromatic amines is 1. The van der Waals surface area contributed by atoms with E-state index in [0.29, 0.717) is 6.04 Å². The first-order chi connectivity index (χ1) is 15.7. The van der Waals surface area contributed by atoms with Gasteiger partial charge in [0.2, 0.25) is 0 Å². The molecule has 0 unspecified atom stereocenters. The number of H-pyrrole nitrogens is 1. The van der Waals surface area contributed by atoms with Gasteiger partial charge in [0.1, 0.15) is 5.82 Å². The van der Waals surface area contributed by atoms with E-state index in [-0.39, 0.29) is 0 Å². The summed E-state index contributed by atoms with van der Waals surface area (Å²) in [6.45, 7) is 0.880. The van der Waals surface area contributed by atoms with Crippen LogP contribution in [0.1, 0.15) is 43.6 Å². The van der Waals surface area contributed by atoms with Gasteiger partial charge in [-0.25, -0.2) is 9.97 Å². The van der Waals surface area contributed by atoms with Gasteiger partial charge in [0.25, 0.3) is 0 Å².